The van der Waals surface area contributed by atoms with Gasteiger partial charge in [0.25, 0.3) is 0 Å². The fourth-order valence-electron chi connectivity index (χ4n) is 2.73. The minimum atomic E-state index is -0.106. The van der Waals surface area contributed by atoms with Gasteiger partial charge in [-0.05, 0) is 50.4 Å². The van der Waals surface area contributed by atoms with Crippen molar-refractivity contribution in [3.63, 3.8) is 0 Å². The first-order chi connectivity index (χ1) is 9.31. The minimum Gasteiger partial charge on any atom is -0.469 e. The fourth-order valence-corrected chi connectivity index (χ4v) is 2.73. The largest absolute Gasteiger partial charge is 0.469 e. The molecule has 1 aromatic rings. The smallest absolute Gasteiger partial charge is 0.305 e. The Bertz CT molecular complexity index is 394. The third-order valence-corrected chi connectivity index (χ3v) is 3.74. The number of pyridine rings is 1. The molecule has 0 aromatic carbocycles. The molecule has 0 amide bonds. The van der Waals surface area contributed by atoms with Crippen molar-refractivity contribution < 1.29 is 9.53 Å². The fraction of sp³-hybridized carbons (Fsp3) is 0.600. The molecule has 104 valence electrons. The van der Waals surface area contributed by atoms with E-state index in [1.807, 2.05) is 18.5 Å². The number of esters is 1. The first kappa shape index (κ1) is 14.0. The predicted octanol–water partition coefficient (Wildman–Crippen LogP) is 2.56. The van der Waals surface area contributed by atoms with Crippen LogP contribution >= 0.6 is 0 Å². The van der Waals surface area contributed by atoms with Crippen LogP contribution in [0.1, 0.15) is 43.7 Å². The van der Waals surface area contributed by atoms with Gasteiger partial charge in [0.1, 0.15) is 0 Å². The number of nitrogens with zero attached hydrogens (tertiary/aromatic N) is 2. The van der Waals surface area contributed by atoms with Crippen molar-refractivity contribution in [2.75, 3.05) is 20.2 Å². The van der Waals surface area contributed by atoms with E-state index in [0.717, 1.165) is 25.9 Å². The number of carbonyl (C=O) groups is 1. The number of hydrogen-bond acceptors (Lipinski definition) is 4. The molecule has 1 fully saturated rings. The normalized spacial score (nSPS) is 19.5. The molecule has 1 saturated heterocycles. The monoisotopic (exact) mass is 262 g/mol. The van der Waals surface area contributed by atoms with Crippen LogP contribution in [0.5, 0.6) is 0 Å². The highest BCUT2D eigenvalue weighted by Gasteiger charge is 2.25. The molecule has 0 N–H and O–H groups in total. The van der Waals surface area contributed by atoms with E-state index in [2.05, 4.69) is 20.7 Å². The molecule has 4 nitrogen and oxygen atoms in total. The number of likely N-dealkylation sites (tertiary alicyclic amines) is 1. The third-order valence-electron chi connectivity index (χ3n) is 3.74. The summed E-state index contributed by atoms with van der Waals surface area (Å²) in [6.07, 6.45) is 8.73. The first-order valence-corrected chi connectivity index (χ1v) is 7.02. The van der Waals surface area contributed by atoms with Gasteiger partial charge in [-0.3, -0.25) is 14.7 Å². The highest BCUT2D eigenvalue weighted by molar-refractivity contribution is 5.68. The molecule has 2 rings (SSSR count). The second-order valence-corrected chi connectivity index (χ2v) is 5.01. The lowest BCUT2D eigenvalue weighted by Gasteiger charge is -2.24. The first-order valence-electron chi connectivity index (χ1n) is 7.02. The van der Waals surface area contributed by atoms with Crippen molar-refractivity contribution in [1.29, 1.82) is 0 Å². The number of carbonyl (C=O) groups excluding carboxylic acids is 1. The predicted molar refractivity (Wildman–Crippen MR) is 73.7 cm³/mol. The van der Waals surface area contributed by atoms with Crippen LogP contribution in [0.2, 0.25) is 0 Å². The molecule has 0 aliphatic carbocycles. The topological polar surface area (TPSA) is 42.4 Å². The van der Waals surface area contributed by atoms with Crippen LogP contribution in [0, 0.1) is 0 Å². The van der Waals surface area contributed by atoms with Crippen molar-refractivity contribution in [2.24, 2.45) is 0 Å². The second-order valence-electron chi connectivity index (χ2n) is 5.01. The SMILES string of the molecule is COC(=O)CCCCN1CCCC1c1cccnc1. The maximum atomic E-state index is 11.0. The van der Waals surface area contributed by atoms with E-state index in [4.69, 9.17) is 0 Å². The summed E-state index contributed by atoms with van der Waals surface area (Å²) >= 11 is 0. The molecule has 1 aliphatic rings. The lowest BCUT2D eigenvalue weighted by molar-refractivity contribution is -0.140. The van der Waals surface area contributed by atoms with Gasteiger partial charge in [0.2, 0.25) is 0 Å². The average Bonchev–Trinajstić information content (AvgIpc) is 2.92. The molecule has 2 heterocycles. The number of rotatable bonds is 6. The van der Waals surface area contributed by atoms with E-state index < -0.39 is 0 Å². The van der Waals surface area contributed by atoms with Crippen LogP contribution in [0.4, 0.5) is 0 Å². The van der Waals surface area contributed by atoms with Gasteiger partial charge < -0.3 is 4.74 Å². The summed E-state index contributed by atoms with van der Waals surface area (Å²) in [4.78, 5) is 17.8. The highest BCUT2D eigenvalue weighted by atomic mass is 16.5. The van der Waals surface area contributed by atoms with Crippen LogP contribution < -0.4 is 0 Å². The molecule has 1 unspecified atom stereocenters. The Kier molecular flexibility index (Phi) is 5.33. The lowest BCUT2D eigenvalue weighted by Crippen LogP contribution is -2.24. The summed E-state index contributed by atoms with van der Waals surface area (Å²) in [5.74, 6) is -0.106. The number of unbranched alkanes of at least 4 members (excludes halogenated alkanes) is 1. The van der Waals surface area contributed by atoms with E-state index in [-0.39, 0.29) is 5.97 Å². The van der Waals surface area contributed by atoms with E-state index >= 15 is 0 Å². The maximum Gasteiger partial charge on any atom is 0.305 e. The molecule has 1 atom stereocenters. The van der Waals surface area contributed by atoms with Crippen molar-refractivity contribution in [1.82, 2.24) is 9.88 Å². The summed E-state index contributed by atoms with van der Waals surface area (Å²) in [5.41, 5.74) is 1.31. The average molecular weight is 262 g/mol. The standard InChI is InChI=1S/C15H22N2O2/c1-19-15(18)8-2-3-10-17-11-5-7-14(17)13-6-4-9-16-12-13/h4,6,9,12,14H,2-3,5,7-8,10-11H2,1H3. The summed E-state index contributed by atoms with van der Waals surface area (Å²) in [6, 6.07) is 4.67. The van der Waals surface area contributed by atoms with E-state index in [0.29, 0.717) is 12.5 Å². The Balaban J connectivity index is 1.78. The zero-order chi connectivity index (χ0) is 13.5. The zero-order valence-electron chi connectivity index (χ0n) is 11.5. The molecule has 19 heavy (non-hydrogen) atoms. The molecule has 0 spiro atoms. The van der Waals surface area contributed by atoms with Crippen molar-refractivity contribution >= 4 is 5.97 Å². The minimum absolute atomic E-state index is 0.106. The van der Waals surface area contributed by atoms with Gasteiger partial charge in [-0.25, -0.2) is 0 Å². The third kappa shape index (κ3) is 4.03. The van der Waals surface area contributed by atoms with Crippen LogP contribution in [-0.2, 0) is 9.53 Å². The Morgan fingerprint density at radius 3 is 3.16 bits per heavy atom. The second kappa shape index (κ2) is 7.24. The summed E-state index contributed by atoms with van der Waals surface area (Å²) < 4.78 is 4.65. The lowest BCUT2D eigenvalue weighted by atomic mass is 10.1. The number of aromatic nitrogens is 1. The molecule has 0 radical (unpaired) electrons. The Morgan fingerprint density at radius 2 is 2.42 bits per heavy atom. The summed E-state index contributed by atoms with van der Waals surface area (Å²) in [5, 5.41) is 0. The maximum absolute atomic E-state index is 11.0. The van der Waals surface area contributed by atoms with E-state index in [1.54, 1.807) is 0 Å². The van der Waals surface area contributed by atoms with Crippen LogP contribution in [-0.4, -0.2) is 36.1 Å². The highest BCUT2D eigenvalue weighted by Crippen LogP contribution is 2.31. The van der Waals surface area contributed by atoms with Gasteiger partial charge in [-0.2, -0.15) is 0 Å². The summed E-state index contributed by atoms with van der Waals surface area (Å²) in [6.45, 7) is 2.20. The van der Waals surface area contributed by atoms with E-state index in [1.165, 1.54) is 25.5 Å². The van der Waals surface area contributed by atoms with Crippen LogP contribution in [0.25, 0.3) is 0 Å². The van der Waals surface area contributed by atoms with Gasteiger partial charge in [0.15, 0.2) is 0 Å². The van der Waals surface area contributed by atoms with Gasteiger partial charge in [0.05, 0.1) is 7.11 Å². The van der Waals surface area contributed by atoms with Gasteiger partial charge in [-0.1, -0.05) is 6.07 Å². The number of methoxy groups -OCH3 is 1. The molecule has 1 aliphatic heterocycles. The molecular weight excluding hydrogens is 240 g/mol. The number of ether oxygens (including phenoxy) is 1. The van der Waals surface area contributed by atoms with Crippen LogP contribution in [0.3, 0.4) is 0 Å². The number of hydrogen-bond donors (Lipinski definition) is 0. The summed E-state index contributed by atoms with van der Waals surface area (Å²) in [7, 11) is 1.45. The van der Waals surface area contributed by atoms with Crippen molar-refractivity contribution in [3.05, 3.63) is 30.1 Å². The molecule has 4 heteroatoms. The molecular formula is C15H22N2O2. The molecule has 0 bridgehead atoms. The van der Waals surface area contributed by atoms with Gasteiger partial charge in [0, 0.05) is 24.9 Å². The Hall–Kier alpha value is -1.42. The van der Waals surface area contributed by atoms with Crippen molar-refractivity contribution in [3.8, 4) is 0 Å². The van der Waals surface area contributed by atoms with Gasteiger partial charge in [-0.15, -0.1) is 0 Å². The molecule has 0 saturated carbocycles. The van der Waals surface area contributed by atoms with Gasteiger partial charge >= 0.3 is 5.97 Å². The quantitative estimate of drug-likeness (QED) is 0.583. The Morgan fingerprint density at radius 1 is 1.53 bits per heavy atom. The Labute approximate surface area is 114 Å². The zero-order valence-corrected chi connectivity index (χ0v) is 11.5. The molecule has 1 aromatic heterocycles. The van der Waals surface area contributed by atoms with Crippen LogP contribution in [0.15, 0.2) is 24.5 Å². The van der Waals surface area contributed by atoms with E-state index in [9.17, 15) is 4.79 Å². The van der Waals surface area contributed by atoms with Crippen molar-refractivity contribution in [2.45, 2.75) is 38.1 Å².